The average molecular weight is 519 g/mol. The highest BCUT2D eigenvalue weighted by Crippen LogP contribution is 2.40. The van der Waals surface area contributed by atoms with Crippen LogP contribution in [0.3, 0.4) is 0 Å². The van der Waals surface area contributed by atoms with E-state index in [0.29, 0.717) is 33.2 Å². The molecule has 0 aliphatic heterocycles. The quantitative estimate of drug-likeness (QED) is 0.317. The Morgan fingerprint density at radius 3 is 2.14 bits per heavy atom. The summed E-state index contributed by atoms with van der Waals surface area (Å²) >= 11 is 1.03. The number of nitriles is 1. The summed E-state index contributed by atoms with van der Waals surface area (Å²) in [5.41, 5.74) is 0.272. The SMILES string of the molecule is CC(C)(NC(=O)c1ccc(C#N)cc1)C(=O)Nc1nc(-c2ccc(F)cc2)c(Oc2ccc(F)cc2)s1. The lowest BCUT2D eigenvalue weighted by Crippen LogP contribution is -2.52. The molecule has 10 heteroatoms. The molecule has 0 fully saturated rings. The predicted molar refractivity (Wildman–Crippen MR) is 135 cm³/mol. The zero-order valence-electron chi connectivity index (χ0n) is 19.7. The van der Waals surface area contributed by atoms with Crippen molar-refractivity contribution >= 4 is 28.3 Å². The van der Waals surface area contributed by atoms with Crippen molar-refractivity contribution in [2.45, 2.75) is 19.4 Å². The molecule has 0 saturated heterocycles. The monoisotopic (exact) mass is 518 g/mol. The van der Waals surface area contributed by atoms with Gasteiger partial charge in [-0.2, -0.15) is 5.26 Å². The van der Waals surface area contributed by atoms with Crippen molar-refractivity contribution in [2.24, 2.45) is 0 Å². The summed E-state index contributed by atoms with van der Waals surface area (Å²) in [7, 11) is 0. The van der Waals surface area contributed by atoms with Gasteiger partial charge in [0.15, 0.2) is 5.13 Å². The van der Waals surface area contributed by atoms with Crippen LogP contribution in [-0.4, -0.2) is 22.3 Å². The van der Waals surface area contributed by atoms with Crippen LogP contribution in [0.1, 0.15) is 29.8 Å². The Kier molecular flexibility index (Phi) is 7.27. The molecular formula is C27H20F2N4O3S. The van der Waals surface area contributed by atoms with Gasteiger partial charge in [0.2, 0.25) is 5.06 Å². The number of carbonyl (C=O) groups excluding carboxylic acids is 2. The molecule has 37 heavy (non-hydrogen) atoms. The van der Waals surface area contributed by atoms with E-state index in [1.807, 2.05) is 6.07 Å². The first-order valence-corrected chi connectivity index (χ1v) is 11.8. The second-order valence-electron chi connectivity index (χ2n) is 8.44. The van der Waals surface area contributed by atoms with Crippen molar-refractivity contribution in [3.63, 3.8) is 0 Å². The van der Waals surface area contributed by atoms with Crippen molar-refractivity contribution in [3.8, 4) is 28.1 Å². The molecule has 0 aliphatic rings. The fourth-order valence-corrected chi connectivity index (χ4v) is 4.05. The molecular weight excluding hydrogens is 498 g/mol. The van der Waals surface area contributed by atoms with E-state index in [2.05, 4.69) is 15.6 Å². The fourth-order valence-electron chi connectivity index (χ4n) is 3.19. The molecule has 0 atom stereocenters. The van der Waals surface area contributed by atoms with E-state index in [9.17, 15) is 18.4 Å². The van der Waals surface area contributed by atoms with Crippen molar-refractivity contribution in [2.75, 3.05) is 5.32 Å². The number of carbonyl (C=O) groups is 2. The number of hydrogen-bond acceptors (Lipinski definition) is 6. The largest absolute Gasteiger partial charge is 0.444 e. The number of nitrogens with zero attached hydrogens (tertiary/aromatic N) is 2. The summed E-state index contributed by atoms with van der Waals surface area (Å²) < 4.78 is 32.7. The number of hydrogen-bond donors (Lipinski definition) is 2. The first-order valence-electron chi connectivity index (χ1n) is 11.0. The summed E-state index contributed by atoms with van der Waals surface area (Å²) in [6.07, 6.45) is 0. The van der Waals surface area contributed by atoms with Gasteiger partial charge in [-0.3, -0.25) is 14.9 Å². The molecule has 2 amide bonds. The molecule has 186 valence electrons. The number of amides is 2. The zero-order chi connectivity index (χ0) is 26.6. The van der Waals surface area contributed by atoms with Crippen molar-refractivity contribution < 1.29 is 23.1 Å². The number of benzene rings is 3. The molecule has 0 saturated carbocycles. The highest BCUT2D eigenvalue weighted by Gasteiger charge is 2.31. The van der Waals surface area contributed by atoms with Crippen molar-refractivity contribution in [1.29, 1.82) is 5.26 Å². The maximum absolute atomic E-state index is 13.5. The second-order valence-corrected chi connectivity index (χ2v) is 9.40. The first-order chi connectivity index (χ1) is 17.6. The van der Waals surface area contributed by atoms with Gasteiger partial charge in [-0.1, -0.05) is 11.3 Å². The Balaban J connectivity index is 1.55. The Morgan fingerprint density at radius 2 is 1.54 bits per heavy atom. The third-order valence-corrected chi connectivity index (χ3v) is 6.08. The van der Waals surface area contributed by atoms with Gasteiger partial charge in [0.05, 0.1) is 11.6 Å². The number of rotatable bonds is 7. The van der Waals surface area contributed by atoms with E-state index in [1.165, 1.54) is 86.6 Å². The van der Waals surface area contributed by atoms with Gasteiger partial charge in [-0.15, -0.1) is 0 Å². The molecule has 2 N–H and O–H groups in total. The lowest BCUT2D eigenvalue weighted by atomic mass is 10.0. The van der Waals surface area contributed by atoms with Crippen LogP contribution < -0.4 is 15.4 Å². The normalized spacial score (nSPS) is 10.9. The Morgan fingerprint density at radius 1 is 0.946 bits per heavy atom. The first kappa shape index (κ1) is 25.5. The average Bonchev–Trinajstić information content (AvgIpc) is 3.27. The maximum Gasteiger partial charge on any atom is 0.252 e. The minimum atomic E-state index is -1.33. The van der Waals surface area contributed by atoms with Gasteiger partial charge in [0.25, 0.3) is 11.8 Å². The molecule has 0 bridgehead atoms. The molecule has 0 aliphatic carbocycles. The smallest absolute Gasteiger partial charge is 0.252 e. The van der Waals surface area contributed by atoms with Crippen LogP contribution in [0.25, 0.3) is 11.3 Å². The summed E-state index contributed by atoms with van der Waals surface area (Å²) in [5.74, 6) is -1.53. The fraction of sp³-hybridized carbons (Fsp3) is 0.111. The van der Waals surface area contributed by atoms with Crippen molar-refractivity contribution in [3.05, 3.63) is 95.6 Å². The molecule has 3 aromatic carbocycles. The maximum atomic E-state index is 13.5. The van der Waals surface area contributed by atoms with Gasteiger partial charge in [-0.05, 0) is 86.6 Å². The summed E-state index contributed by atoms with van der Waals surface area (Å²) in [5, 5.41) is 14.8. The molecule has 0 spiro atoms. The van der Waals surface area contributed by atoms with Gasteiger partial charge in [0, 0.05) is 11.1 Å². The van der Waals surface area contributed by atoms with E-state index in [4.69, 9.17) is 10.00 Å². The molecule has 4 aromatic rings. The lowest BCUT2D eigenvalue weighted by Gasteiger charge is -2.24. The third kappa shape index (κ3) is 6.15. The van der Waals surface area contributed by atoms with Crippen LogP contribution in [0.15, 0.2) is 72.8 Å². The summed E-state index contributed by atoms with van der Waals surface area (Å²) in [6.45, 7) is 3.07. The number of nitrogens with one attached hydrogen (secondary N) is 2. The topological polar surface area (TPSA) is 104 Å². The number of anilines is 1. The predicted octanol–water partition coefficient (Wildman–Crippen LogP) is 5.90. The summed E-state index contributed by atoms with van der Waals surface area (Å²) in [4.78, 5) is 30.2. The number of thiazole rings is 1. The highest BCUT2D eigenvalue weighted by molar-refractivity contribution is 7.18. The molecule has 1 aromatic heterocycles. The van der Waals surface area contributed by atoms with Crippen LogP contribution in [0.5, 0.6) is 10.8 Å². The van der Waals surface area contributed by atoms with Gasteiger partial charge < -0.3 is 10.1 Å². The molecule has 0 unspecified atom stereocenters. The van der Waals surface area contributed by atoms with E-state index >= 15 is 0 Å². The Labute approximate surface area is 215 Å². The van der Waals surface area contributed by atoms with Crippen LogP contribution in [0, 0.1) is 23.0 Å². The van der Waals surface area contributed by atoms with Crippen LogP contribution in [0.4, 0.5) is 13.9 Å². The Hall–Kier alpha value is -4.62. The van der Waals surface area contributed by atoms with Crippen LogP contribution in [0.2, 0.25) is 0 Å². The van der Waals surface area contributed by atoms with E-state index in [1.54, 1.807) is 0 Å². The summed E-state index contributed by atoms with van der Waals surface area (Å²) in [6, 6.07) is 19.0. The van der Waals surface area contributed by atoms with E-state index in [-0.39, 0.29) is 5.13 Å². The second kappa shape index (κ2) is 10.6. The highest BCUT2D eigenvalue weighted by atomic mass is 32.1. The minimum absolute atomic E-state index is 0.183. The van der Waals surface area contributed by atoms with Crippen LogP contribution in [-0.2, 0) is 4.79 Å². The minimum Gasteiger partial charge on any atom is -0.444 e. The standard InChI is InChI=1S/C27H20F2N4O3S/c1-27(2,33-23(34)18-5-3-16(15-30)4-6-18)25(35)32-26-31-22(17-7-9-19(28)10-8-17)24(37-26)36-21-13-11-20(29)12-14-21/h3-14H,1-2H3,(H,33,34)(H,31,32,35). The molecule has 7 nitrogen and oxygen atoms in total. The van der Waals surface area contributed by atoms with E-state index < -0.39 is 29.0 Å². The molecule has 1 heterocycles. The van der Waals surface area contributed by atoms with Gasteiger partial charge in [-0.25, -0.2) is 13.8 Å². The number of ether oxygens (including phenoxy) is 1. The van der Waals surface area contributed by atoms with Crippen LogP contribution >= 0.6 is 11.3 Å². The third-order valence-electron chi connectivity index (χ3n) is 5.23. The lowest BCUT2D eigenvalue weighted by molar-refractivity contribution is -0.120. The number of aromatic nitrogens is 1. The molecule has 4 rings (SSSR count). The van der Waals surface area contributed by atoms with E-state index in [0.717, 1.165) is 11.3 Å². The van der Waals surface area contributed by atoms with Gasteiger partial charge >= 0.3 is 0 Å². The van der Waals surface area contributed by atoms with Gasteiger partial charge in [0.1, 0.15) is 28.6 Å². The van der Waals surface area contributed by atoms with Crippen molar-refractivity contribution in [1.82, 2.24) is 10.3 Å². The Bertz CT molecular complexity index is 1480. The zero-order valence-corrected chi connectivity index (χ0v) is 20.5. The molecule has 0 radical (unpaired) electrons. The number of halogens is 2.